The second-order valence-corrected chi connectivity index (χ2v) is 6.97. The molecule has 0 aliphatic carbocycles. The van der Waals surface area contributed by atoms with Crippen LogP contribution >= 0.6 is 0 Å². The highest BCUT2D eigenvalue weighted by atomic mass is 19.4. The Balaban J connectivity index is 1.46. The number of aromatic amines is 1. The molecule has 4 rings (SSSR count). The molecule has 3 aromatic rings. The van der Waals surface area contributed by atoms with Crippen molar-refractivity contribution in [3.63, 3.8) is 0 Å². The summed E-state index contributed by atoms with van der Waals surface area (Å²) in [5, 5.41) is 25.9. The minimum atomic E-state index is -4.64. The maximum Gasteiger partial charge on any atom is 0.451 e. The van der Waals surface area contributed by atoms with Crippen LogP contribution in [-0.4, -0.2) is 53.3 Å². The molecule has 0 spiro atoms. The number of para-hydroxylation sites is 1. The predicted molar refractivity (Wildman–Crippen MR) is 95.6 cm³/mol. The van der Waals surface area contributed by atoms with Gasteiger partial charge in [0, 0.05) is 23.4 Å². The van der Waals surface area contributed by atoms with E-state index in [0.29, 0.717) is 5.69 Å². The molecule has 0 saturated heterocycles. The summed E-state index contributed by atoms with van der Waals surface area (Å²) in [4.78, 5) is 24.9. The van der Waals surface area contributed by atoms with Crippen molar-refractivity contribution < 1.29 is 22.9 Å². The molecule has 1 N–H and O–H groups in total. The van der Waals surface area contributed by atoms with E-state index in [0.717, 1.165) is 15.5 Å². The van der Waals surface area contributed by atoms with E-state index in [1.54, 1.807) is 24.3 Å². The Morgan fingerprint density at radius 3 is 2.77 bits per heavy atom. The molecule has 0 bridgehead atoms. The largest absolute Gasteiger partial charge is 0.451 e. The van der Waals surface area contributed by atoms with Crippen LogP contribution in [0.4, 0.5) is 13.2 Å². The second-order valence-electron chi connectivity index (χ2n) is 6.97. The van der Waals surface area contributed by atoms with Crippen molar-refractivity contribution in [2.24, 2.45) is 0 Å². The number of hydrogen-bond donors (Lipinski definition) is 1. The van der Waals surface area contributed by atoms with E-state index in [4.69, 9.17) is 0 Å². The Morgan fingerprint density at radius 1 is 1.27 bits per heavy atom. The highest BCUT2D eigenvalue weighted by Crippen LogP contribution is 2.29. The maximum absolute atomic E-state index is 12.9. The van der Waals surface area contributed by atoms with E-state index < -0.39 is 35.3 Å². The van der Waals surface area contributed by atoms with Gasteiger partial charge in [-0.25, -0.2) is 0 Å². The highest BCUT2D eigenvalue weighted by Gasteiger charge is 2.40. The van der Waals surface area contributed by atoms with Crippen LogP contribution in [0.3, 0.4) is 0 Å². The zero-order chi connectivity index (χ0) is 21.5. The van der Waals surface area contributed by atoms with Gasteiger partial charge in [0.05, 0.1) is 30.6 Å². The predicted octanol–water partition coefficient (Wildman–Crippen LogP) is 1.79. The Kier molecular flexibility index (Phi) is 4.87. The zero-order valence-corrected chi connectivity index (χ0v) is 15.5. The van der Waals surface area contributed by atoms with Crippen LogP contribution < -0.4 is 0 Å². The minimum Gasteiger partial charge on any atom is -0.333 e. The van der Waals surface area contributed by atoms with Gasteiger partial charge in [0.2, 0.25) is 17.8 Å². The van der Waals surface area contributed by atoms with Crippen molar-refractivity contribution in [2.45, 2.75) is 38.1 Å². The molecule has 1 unspecified atom stereocenters. The average molecular weight is 423 g/mol. The minimum absolute atomic E-state index is 0.00197. The van der Waals surface area contributed by atoms with Crippen molar-refractivity contribution in [1.82, 2.24) is 29.9 Å². The van der Waals surface area contributed by atoms with Crippen LogP contribution in [-0.2, 0) is 30.5 Å². The van der Waals surface area contributed by atoms with Crippen LogP contribution in [0.15, 0.2) is 24.3 Å². The lowest BCUT2D eigenvalue weighted by atomic mass is 10.0. The molecule has 30 heavy (non-hydrogen) atoms. The number of hydrogen-bond acceptors (Lipinski definition) is 6. The molecule has 13 heteroatoms. The fourth-order valence-electron chi connectivity index (χ4n) is 3.53. The molecular weight excluding hydrogens is 407 g/mol. The number of nitrogens with zero attached hydrogens (tertiary/aromatic N) is 6. The molecule has 0 fully saturated rings. The van der Waals surface area contributed by atoms with Crippen molar-refractivity contribution in [3.05, 3.63) is 51.7 Å². The molecule has 2 aromatic heterocycles. The number of amides is 1. The SMILES string of the molecule is O=C(CC(Cc1n[nH]c2ccccc12)[N+](=O)[O-])N1CCn2c(nnc2C(F)(F)F)C1. The van der Waals surface area contributed by atoms with Crippen molar-refractivity contribution >= 4 is 16.8 Å². The summed E-state index contributed by atoms with van der Waals surface area (Å²) in [6.45, 7) is -0.323. The molecule has 1 aliphatic rings. The number of H-pyrrole nitrogens is 1. The van der Waals surface area contributed by atoms with E-state index in [-0.39, 0.29) is 31.9 Å². The van der Waals surface area contributed by atoms with Gasteiger partial charge in [0.25, 0.3) is 0 Å². The lowest BCUT2D eigenvalue weighted by Crippen LogP contribution is -2.41. The fraction of sp³-hybridized carbons (Fsp3) is 0.412. The first-order valence-electron chi connectivity index (χ1n) is 9.06. The first-order valence-corrected chi connectivity index (χ1v) is 9.06. The smallest absolute Gasteiger partial charge is 0.333 e. The highest BCUT2D eigenvalue weighted by molar-refractivity contribution is 5.81. The third-order valence-corrected chi connectivity index (χ3v) is 5.05. The standard InChI is InChI=1S/C17H16F3N7O3/c18-17(19,20)16-24-23-14-9-25(5-6-26(14)16)15(28)8-10(27(29)30)7-13-11-3-1-2-4-12(11)21-22-13/h1-4,10H,5-9H2,(H,21,22). The molecule has 1 amide bonds. The normalized spacial score (nSPS) is 15.2. The van der Waals surface area contributed by atoms with Crippen LogP contribution in [0.2, 0.25) is 0 Å². The van der Waals surface area contributed by atoms with Gasteiger partial charge in [-0.2, -0.15) is 18.3 Å². The first-order chi connectivity index (χ1) is 14.2. The van der Waals surface area contributed by atoms with Gasteiger partial charge in [0.15, 0.2) is 5.82 Å². The number of fused-ring (bicyclic) bond motifs is 2. The fourth-order valence-corrected chi connectivity index (χ4v) is 3.53. The summed E-state index contributed by atoms with van der Waals surface area (Å²) in [5.74, 6) is -1.64. The molecule has 0 saturated carbocycles. The van der Waals surface area contributed by atoms with E-state index in [2.05, 4.69) is 20.4 Å². The van der Waals surface area contributed by atoms with Gasteiger partial charge >= 0.3 is 6.18 Å². The monoisotopic (exact) mass is 423 g/mol. The number of rotatable bonds is 5. The summed E-state index contributed by atoms with van der Waals surface area (Å²) < 4.78 is 39.7. The maximum atomic E-state index is 12.9. The summed E-state index contributed by atoms with van der Waals surface area (Å²) in [6.07, 6.45) is -5.08. The zero-order valence-electron chi connectivity index (χ0n) is 15.5. The second kappa shape index (κ2) is 7.39. The van der Waals surface area contributed by atoms with Gasteiger partial charge in [-0.1, -0.05) is 18.2 Å². The van der Waals surface area contributed by atoms with E-state index in [9.17, 15) is 28.1 Å². The third kappa shape index (κ3) is 3.69. The molecule has 1 aliphatic heterocycles. The lowest BCUT2D eigenvalue weighted by molar-refractivity contribution is -0.521. The average Bonchev–Trinajstić information content (AvgIpc) is 3.30. The Bertz CT molecular complexity index is 1110. The van der Waals surface area contributed by atoms with Gasteiger partial charge in [-0.3, -0.25) is 20.0 Å². The van der Waals surface area contributed by atoms with E-state index in [1.807, 2.05) is 0 Å². The number of benzene rings is 1. The van der Waals surface area contributed by atoms with E-state index in [1.165, 1.54) is 4.90 Å². The third-order valence-electron chi connectivity index (χ3n) is 5.05. The number of alkyl halides is 3. The van der Waals surface area contributed by atoms with Crippen LogP contribution in [0.1, 0.15) is 23.8 Å². The summed E-state index contributed by atoms with van der Waals surface area (Å²) >= 11 is 0. The lowest BCUT2D eigenvalue weighted by Gasteiger charge is -2.28. The number of aromatic nitrogens is 5. The van der Waals surface area contributed by atoms with Gasteiger partial charge in [-0.05, 0) is 6.07 Å². The number of halogens is 3. The van der Waals surface area contributed by atoms with Gasteiger partial charge in [0.1, 0.15) is 0 Å². The summed E-state index contributed by atoms with van der Waals surface area (Å²) in [6, 6.07) is 5.94. The van der Waals surface area contributed by atoms with Crippen molar-refractivity contribution in [1.29, 1.82) is 0 Å². The number of nitrogens with one attached hydrogen (secondary N) is 1. The van der Waals surface area contributed by atoms with Gasteiger partial charge in [-0.15, -0.1) is 10.2 Å². The van der Waals surface area contributed by atoms with E-state index >= 15 is 0 Å². The molecule has 3 heterocycles. The number of carbonyl (C=O) groups is 1. The number of carbonyl (C=O) groups excluding carboxylic acids is 1. The Labute approximate surface area is 166 Å². The Morgan fingerprint density at radius 2 is 2.03 bits per heavy atom. The van der Waals surface area contributed by atoms with Crippen LogP contribution in [0.5, 0.6) is 0 Å². The molecule has 158 valence electrons. The van der Waals surface area contributed by atoms with Gasteiger partial charge < -0.3 is 9.47 Å². The molecular formula is C17H16F3N7O3. The molecule has 0 radical (unpaired) electrons. The topological polar surface area (TPSA) is 123 Å². The van der Waals surface area contributed by atoms with Crippen molar-refractivity contribution in [3.8, 4) is 0 Å². The van der Waals surface area contributed by atoms with Crippen molar-refractivity contribution in [2.75, 3.05) is 6.54 Å². The summed E-state index contributed by atoms with van der Waals surface area (Å²) in [7, 11) is 0. The molecule has 1 atom stereocenters. The number of nitro groups is 1. The molecule has 1 aromatic carbocycles. The quantitative estimate of drug-likeness (QED) is 0.493. The first kappa shape index (κ1) is 19.8. The Hall–Kier alpha value is -3.51. The van der Waals surface area contributed by atoms with Crippen LogP contribution in [0, 0.1) is 10.1 Å². The summed E-state index contributed by atoms with van der Waals surface area (Å²) in [5.41, 5.74) is 1.21. The van der Waals surface area contributed by atoms with Crippen LogP contribution in [0.25, 0.3) is 10.9 Å². The molecule has 10 nitrogen and oxygen atoms in total.